The van der Waals surface area contributed by atoms with Crippen molar-refractivity contribution < 1.29 is 19.4 Å². The van der Waals surface area contributed by atoms with Crippen molar-refractivity contribution in [1.82, 2.24) is 10.2 Å². The third-order valence-corrected chi connectivity index (χ3v) is 4.89. The predicted octanol–water partition coefficient (Wildman–Crippen LogP) is 2.54. The van der Waals surface area contributed by atoms with E-state index in [2.05, 4.69) is 11.4 Å². The molecule has 1 fully saturated rings. The van der Waals surface area contributed by atoms with Crippen molar-refractivity contribution >= 4 is 12.0 Å². The number of nitrogens with one attached hydrogen (secondary N) is 1. The molecule has 2 aliphatic rings. The molecule has 2 amide bonds. The maximum absolute atomic E-state index is 12.6. The molecule has 0 unspecified atom stereocenters. The topological polar surface area (TPSA) is 78.9 Å². The summed E-state index contributed by atoms with van der Waals surface area (Å²) in [7, 11) is 0. The fourth-order valence-electron chi connectivity index (χ4n) is 3.45. The van der Waals surface area contributed by atoms with Crippen LogP contribution in [-0.2, 0) is 11.3 Å². The molecule has 0 spiro atoms. The molecular formula is C18H24N2O4. The Hall–Kier alpha value is -2.24. The molecule has 1 heterocycles. The second kappa shape index (κ2) is 7.11. The summed E-state index contributed by atoms with van der Waals surface area (Å²) in [6.45, 7) is 3.59. The van der Waals surface area contributed by atoms with E-state index in [-0.39, 0.29) is 18.0 Å². The number of amides is 2. The summed E-state index contributed by atoms with van der Waals surface area (Å²) in [6.07, 6.45) is 2.71. The van der Waals surface area contributed by atoms with Crippen LogP contribution < -0.4 is 10.1 Å². The van der Waals surface area contributed by atoms with E-state index in [0.717, 1.165) is 29.7 Å². The van der Waals surface area contributed by atoms with Gasteiger partial charge in [-0.05, 0) is 38.7 Å². The zero-order valence-electron chi connectivity index (χ0n) is 14.0. The number of aliphatic carboxylic acids is 1. The fraction of sp³-hybridized carbons (Fsp3) is 0.556. The molecule has 2 N–H and O–H groups in total. The molecular weight excluding hydrogens is 308 g/mol. The Morgan fingerprint density at radius 3 is 2.71 bits per heavy atom. The lowest BCUT2D eigenvalue weighted by atomic mass is 9.86. The Kier molecular flexibility index (Phi) is 4.92. The lowest BCUT2D eigenvalue weighted by Gasteiger charge is -2.29. The summed E-state index contributed by atoms with van der Waals surface area (Å²) in [6, 6.07) is 5.99. The van der Waals surface area contributed by atoms with Crippen molar-refractivity contribution in [3.8, 4) is 5.75 Å². The fourth-order valence-corrected chi connectivity index (χ4v) is 3.45. The molecule has 130 valence electrons. The number of carboxylic acids is 1. The van der Waals surface area contributed by atoms with Gasteiger partial charge in [-0.15, -0.1) is 0 Å². The van der Waals surface area contributed by atoms with Crippen LogP contribution in [-0.4, -0.2) is 41.2 Å². The highest BCUT2D eigenvalue weighted by molar-refractivity contribution is 5.75. The molecule has 0 aromatic heterocycles. The molecule has 0 bridgehead atoms. The van der Waals surface area contributed by atoms with Gasteiger partial charge in [0.05, 0.1) is 19.0 Å². The summed E-state index contributed by atoms with van der Waals surface area (Å²) in [5.74, 6) is -0.145. The monoisotopic (exact) mass is 332 g/mol. The van der Waals surface area contributed by atoms with Gasteiger partial charge in [0.2, 0.25) is 0 Å². The van der Waals surface area contributed by atoms with Crippen LogP contribution in [0.15, 0.2) is 18.2 Å². The van der Waals surface area contributed by atoms with Crippen LogP contribution in [0.25, 0.3) is 0 Å². The largest absolute Gasteiger partial charge is 0.491 e. The van der Waals surface area contributed by atoms with Gasteiger partial charge in [-0.1, -0.05) is 17.7 Å². The molecule has 0 saturated heterocycles. The first-order chi connectivity index (χ1) is 11.5. The second-order valence-electron chi connectivity index (χ2n) is 6.72. The smallest absolute Gasteiger partial charge is 0.318 e. The third kappa shape index (κ3) is 3.80. The maximum Gasteiger partial charge on any atom is 0.318 e. The van der Waals surface area contributed by atoms with Gasteiger partial charge in [-0.2, -0.15) is 0 Å². The van der Waals surface area contributed by atoms with Crippen molar-refractivity contribution in [3.63, 3.8) is 0 Å². The maximum atomic E-state index is 12.6. The first-order valence-corrected chi connectivity index (χ1v) is 8.53. The Labute approximate surface area is 141 Å². The van der Waals surface area contributed by atoms with Gasteiger partial charge in [0.25, 0.3) is 0 Å². The van der Waals surface area contributed by atoms with E-state index in [4.69, 9.17) is 9.84 Å². The van der Waals surface area contributed by atoms with Crippen molar-refractivity contribution in [3.05, 3.63) is 29.3 Å². The van der Waals surface area contributed by atoms with Crippen LogP contribution in [0.1, 0.15) is 36.8 Å². The number of ether oxygens (including phenoxy) is 1. The zero-order valence-corrected chi connectivity index (χ0v) is 14.0. The SMILES string of the molecule is Cc1ccc2c(c1)CN(C(=O)NC1CCC(C(=O)O)CC1)CCO2. The van der Waals surface area contributed by atoms with E-state index < -0.39 is 5.97 Å². The van der Waals surface area contributed by atoms with Crippen LogP contribution in [0, 0.1) is 12.8 Å². The van der Waals surface area contributed by atoms with Crippen molar-refractivity contribution in [2.24, 2.45) is 5.92 Å². The van der Waals surface area contributed by atoms with Gasteiger partial charge in [-0.3, -0.25) is 4.79 Å². The van der Waals surface area contributed by atoms with Gasteiger partial charge in [0.1, 0.15) is 12.4 Å². The number of carbonyl (C=O) groups is 2. The predicted molar refractivity (Wildman–Crippen MR) is 89.0 cm³/mol. The van der Waals surface area contributed by atoms with Gasteiger partial charge in [0.15, 0.2) is 0 Å². The summed E-state index contributed by atoms with van der Waals surface area (Å²) in [4.78, 5) is 25.3. The Morgan fingerprint density at radius 1 is 1.25 bits per heavy atom. The average Bonchev–Trinajstić information content (AvgIpc) is 2.77. The van der Waals surface area contributed by atoms with Gasteiger partial charge in [-0.25, -0.2) is 4.79 Å². The molecule has 24 heavy (non-hydrogen) atoms. The lowest BCUT2D eigenvalue weighted by molar-refractivity contribution is -0.142. The number of rotatable bonds is 2. The number of hydrogen-bond donors (Lipinski definition) is 2. The number of hydrogen-bond acceptors (Lipinski definition) is 3. The molecule has 1 aliphatic heterocycles. The molecule has 1 aliphatic carbocycles. The minimum Gasteiger partial charge on any atom is -0.491 e. The first-order valence-electron chi connectivity index (χ1n) is 8.53. The van der Waals surface area contributed by atoms with E-state index in [1.165, 1.54) is 0 Å². The highest BCUT2D eigenvalue weighted by Gasteiger charge is 2.28. The van der Waals surface area contributed by atoms with E-state index in [0.29, 0.717) is 32.5 Å². The molecule has 0 radical (unpaired) electrons. The Balaban J connectivity index is 1.58. The van der Waals surface area contributed by atoms with Gasteiger partial charge < -0.3 is 20.1 Å². The summed E-state index contributed by atoms with van der Waals surface area (Å²) in [5.41, 5.74) is 2.17. The highest BCUT2D eigenvalue weighted by Crippen LogP contribution is 2.26. The number of carbonyl (C=O) groups excluding carboxylic acids is 1. The van der Waals surface area contributed by atoms with Crippen LogP contribution in [0.2, 0.25) is 0 Å². The van der Waals surface area contributed by atoms with Crippen LogP contribution in [0.5, 0.6) is 5.75 Å². The van der Waals surface area contributed by atoms with Crippen molar-refractivity contribution in [1.29, 1.82) is 0 Å². The van der Waals surface area contributed by atoms with Gasteiger partial charge >= 0.3 is 12.0 Å². The number of aryl methyl sites for hydroxylation is 1. The van der Waals surface area contributed by atoms with E-state index in [1.54, 1.807) is 4.90 Å². The number of carboxylic acid groups (broad SMARTS) is 1. The minimum atomic E-state index is -0.726. The minimum absolute atomic E-state index is 0.0641. The molecule has 1 aromatic rings. The highest BCUT2D eigenvalue weighted by atomic mass is 16.5. The van der Waals surface area contributed by atoms with Gasteiger partial charge in [0, 0.05) is 11.6 Å². The number of fused-ring (bicyclic) bond motifs is 1. The van der Waals surface area contributed by atoms with E-state index >= 15 is 0 Å². The quantitative estimate of drug-likeness (QED) is 0.872. The lowest BCUT2D eigenvalue weighted by Crippen LogP contribution is -2.46. The molecule has 3 rings (SSSR count). The number of urea groups is 1. The summed E-state index contributed by atoms with van der Waals surface area (Å²) >= 11 is 0. The molecule has 1 aromatic carbocycles. The first kappa shape index (κ1) is 16.6. The molecule has 1 saturated carbocycles. The number of benzene rings is 1. The van der Waals surface area contributed by atoms with Crippen LogP contribution in [0.3, 0.4) is 0 Å². The van der Waals surface area contributed by atoms with E-state index in [9.17, 15) is 9.59 Å². The summed E-state index contributed by atoms with van der Waals surface area (Å²) in [5, 5.41) is 12.1. The normalized spacial score (nSPS) is 23.6. The average molecular weight is 332 g/mol. The molecule has 0 atom stereocenters. The Morgan fingerprint density at radius 2 is 2.00 bits per heavy atom. The van der Waals surface area contributed by atoms with E-state index in [1.807, 2.05) is 19.1 Å². The van der Waals surface area contributed by atoms with Crippen LogP contribution in [0.4, 0.5) is 4.79 Å². The molecule has 6 heteroatoms. The standard InChI is InChI=1S/C18H24N2O4/c1-12-2-7-16-14(10-12)11-20(8-9-24-16)18(23)19-15-5-3-13(4-6-15)17(21)22/h2,7,10,13,15H,3-6,8-9,11H2,1H3,(H,19,23)(H,21,22). The third-order valence-electron chi connectivity index (χ3n) is 4.89. The van der Waals surface area contributed by atoms with Crippen LogP contribution >= 0.6 is 0 Å². The van der Waals surface area contributed by atoms with Crippen molar-refractivity contribution in [2.75, 3.05) is 13.2 Å². The molecule has 6 nitrogen and oxygen atoms in total. The summed E-state index contributed by atoms with van der Waals surface area (Å²) < 4.78 is 5.73. The zero-order chi connectivity index (χ0) is 17.1. The van der Waals surface area contributed by atoms with Crippen molar-refractivity contribution in [2.45, 2.75) is 45.2 Å². The number of nitrogens with zero attached hydrogens (tertiary/aromatic N) is 1. The second-order valence-corrected chi connectivity index (χ2v) is 6.72. The Bertz CT molecular complexity index is 623.